The number of fused-ring (bicyclic) bond motifs is 2. The molecule has 0 aliphatic carbocycles. The molecule has 5 nitrogen and oxygen atoms in total. The number of benzene rings is 2. The van der Waals surface area contributed by atoms with Crippen molar-refractivity contribution in [3.63, 3.8) is 0 Å². The minimum Gasteiger partial charge on any atom is -0.385 e. The van der Waals surface area contributed by atoms with Crippen molar-refractivity contribution in [1.29, 1.82) is 0 Å². The molecule has 2 heterocycles. The number of nitrogens with two attached hydrogens (primary N) is 1. The first kappa shape index (κ1) is 16.4. The molecule has 0 spiro atoms. The molecule has 0 atom stereocenters. The number of nitrogens with one attached hydrogen (secondary N) is 1. The van der Waals surface area contributed by atoms with Crippen molar-refractivity contribution in [2.75, 3.05) is 17.6 Å². The first-order valence-electron chi connectivity index (χ1n) is 8.73. The quantitative estimate of drug-likeness (QED) is 0.704. The minimum absolute atomic E-state index is 0.0853. The lowest BCUT2D eigenvalue weighted by Crippen LogP contribution is -2.14. The maximum Gasteiger partial charge on any atom is 0.221 e. The van der Waals surface area contributed by atoms with Crippen LogP contribution in [0.2, 0.25) is 0 Å². The summed E-state index contributed by atoms with van der Waals surface area (Å²) < 4.78 is 14.0. The number of aryl methyl sites for hydroxylation is 2. The minimum atomic E-state index is -0.507. The molecule has 3 aromatic rings. The lowest BCUT2D eigenvalue weighted by Gasteiger charge is -2.21. The molecule has 132 valence electrons. The number of hydrogen-bond acceptors (Lipinski definition) is 5. The molecule has 4 rings (SSSR count). The SMILES string of the molecule is Nc1nc(C(=O)CCc2cccc3c2NCCC3)c2cccc(F)c2n1. The Balaban J connectivity index is 1.62. The Kier molecular flexibility index (Phi) is 4.24. The van der Waals surface area contributed by atoms with Gasteiger partial charge in [0.25, 0.3) is 0 Å². The fourth-order valence-corrected chi connectivity index (χ4v) is 3.50. The number of anilines is 2. The molecule has 26 heavy (non-hydrogen) atoms. The van der Waals surface area contributed by atoms with Gasteiger partial charge in [-0.05, 0) is 36.5 Å². The summed E-state index contributed by atoms with van der Waals surface area (Å²) in [6.07, 6.45) is 3.04. The highest BCUT2D eigenvalue weighted by Gasteiger charge is 2.18. The molecule has 0 amide bonds. The van der Waals surface area contributed by atoms with Crippen LogP contribution < -0.4 is 11.1 Å². The van der Waals surface area contributed by atoms with E-state index < -0.39 is 5.82 Å². The van der Waals surface area contributed by atoms with E-state index in [4.69, 9.17) is 5.73 Å². The topological polar surface area (TPSA) is 80.9 Å². The Morgan fingerprint density at radius 3 is 2.92 bits per heavy atom. The smallest absolute Gasteiger partial charge is 0.221 e. The zero-order chi connectivity index (χ0) is 18.1. The zero-order valence-corrected chi connectivity index (χ0v) is 14.3. The van der Waals surface area contributed by atoms with Crippen molar-refractivity contribution in [3.8, 4) is 0 Å². The molecule has 1 aliphatic rings. The van der Waals surface area contributed by atoms with Gasteiger partial charge in [0.05, 0.1) is 0 Å². The highest BCUT2D eigenvalue weighted by atomic mass is 19.1. The average Bonchev–Trinajstić information content (AvgIpc) is 2.66. The van der Waals surface area contributed by atoms with Crippen LogP contribution in [0.1, 0.15) is 34.5 Å². The first-order chi connectivity index (χ1) is 12.6. The second-order valence-corrected chi connectivity index (χ2v) is 6.47. The van der Waals surface area contributed by atoms with E-state index in [1.807, 2.05) is 12.1 Å². The monoisotopic (exact) mass is 350 g/mol. The third kappa shape index (κ3) is 2.98. The second kappa shape index (κ2) is 6.71. The van der Waals surface area contributed by atoms with Gasteiger partial charge in [-0.1, -0.05) is 30.3 Å². The number of halogens is 1. The molecular formula is C20H19FN4O. The number of ketones is 1. The van der Waals surface area contributed by atoms with Crippen LogP contribution in [0, 0.1) is 5.82 Å². The van der Waals surface area contributed by atoms with Crippen LogP contribution in [-0.4, -0.2) is 22.3 Å². The van der Waals surface area contributed by atoms with Gasteiger partial charge in [0.15, 0.2) is 5.78 Å². The first-order valence-corrected chi connectivity index (χ1v) is 8.73. The molecule has 6 heteroatoms. The third-order valence-corrected chi connectivity index (χ3v) is 4.74. The van der Waals surface area contributed by atoms with Gasteiger partial charge >= 0.3 is 0 Å². The lowest BCUT2D eigenvalue weighted by molar-refractivity contribution is 0.0980. The van der Waals surface area contributed by atoms with E-state index in [0.717, 1.165) is 30.6 Å². The number of para-hydroxylation sites is 2. The highest BCUT2D eigenvalue weighted by Crippen LogP contribution is 2.28. The lowest BCUT2D eigenvalue weighted by atomic mass is 9.96. The van der Waals surface area contributed by atoms with Crippen molar-refractivity contribution in [3.05, 3.63) is 59.0 Å². The molecule has 0 radical (unpaired) electrons. The summed E-state index contributed by atoms with van der Waals surface area (Å²) in [6, 6.07) is 10.7. The molecule has 1 aromatic heterocycles. The van der Waals surface area contributed by atoms with E-state index in [1.165, 1.54) is 11.6 Å². The van der Waals surface area contributed by atoms with Crippen molar-refractivity contribution in [2.24, 2.45) is 0 Å². The molecule has 0 unspecified atom stereocenters. The number of rotatable bonds is 4. The molecule has 0 saturated heterocycles. The average molecular weight is 350 g/mol. The summed E-state index contributed by atoms with van der Waals surface area (Å²) >= 11 is 0. The summed E-state index contributed by atoms with van der Waals surface area (Å²) in [5.41, 5.74) is 9.50. The van der Waals surface area contributed by atoms with Gasteiger partial charge in [0, 0.05) is 24.0 Å². The Hall–Kier alpha value is -3.02. The summed E-state index contributed by atoms with van der Waals surface area (Å²) in [4.78, 5) is 20.8. The number of hydrogen-bond donors (Lipinski definition) is 2. The molecule has 0 saturated carbocycles. The zero-order valence-electron chi connectivity index (χ0n) is 14.3. The van der Waals surface area contributed by atoms with Crippen LogP contribution in [0.5, 0.6) is 0 Å². The van der Waals surface area contributed by atoms with E-state index in [2.05, 4.69) is 21.4 Å². The van der Waals surface area contributed by atoms with E-state index in [-0.39, 0.29) is 29.4 Å². The molecular weight excluding hydrogens is 331 g/mol. The van der Waals surface area contributed by atoms with E-state index in [9.17, 15) is 9.18 Å². The fourth-order valence-electron chi connectivity index (χ4n) is 3.50. The predicted molar refractivity (Wildman–Crippen MR) is 99.8 cm³/mol. The standard InChI is InChI=1S/C20H19FN4O/c21-15-8-2-7-14-18(15)24-20(22)25-19(14)16(26)10-9-13-5-1-4-12-6-3-11-23-17(12)13/h1-2,4-5,7-8,23H,3,6,9-11H2,(H2,22,24,25). The number of nitrogen functional groups attached to an aromatic ring is 1. The number of Topliss-reactive ketones (excluding diaryl/α,β-unsaturated/α-hetero) is 1. The largest absolute Gasteiger partial charge is 0.385 e. The Bertz CT molecular complexity index is 1000. The molecule has 1 aliphatic heterocycles. The normalized spacial score (nSPS) is 13.3. The van der Waals surface area contributed by atoms with E-state index in [0.29, 0.717) is 11.8 Å². The van der Waals surface area contributed by atoms with Gasteiger partial charge in [0.1, 0.15) is 17.0 Å². The van der Waals surface area contributed by atoms with E-state index in [1.54, 1.807) is 12.1 Å². The summed E-state index contributed by atoms with van der Waals surface area (Å²) in [5, 5.41) is 3.83. The molecule has 2 aromatic carbocycles. The van der Waals surface area contributed by atoms with Gasteiger partial charge < -0.3 is 11.1 Å². The van der Waals surface area contributed by atoms with Crippen LogP contribution in [0.4, 0.5) is 16.0 Å². The van der Waals surface area contributed by atoms with Crippen LogP contribution >= 0.6 is 0 Å². The number of nitrogens with zero attached hydrogens (tertiary/aromatic N) is 2. The number of aromatic nitrogens is 2. The third-order valence-electron chi connectivity index (χ3n) is 4.74. The van der Waals surface area contributed by atoms with Crippen molar-refractivity contribution < 1.29 is 9.18 Å². The number of carbonyl (C=O) groups excluding carboxylic acids is 1. The predicted octanol–water partition coefficient (Wildman–Crippen LogP) is 3.52. The molecule has 0 fully saturated rings. The Morgan fingerprint density at radius 1 is 1.19 bits per heavy atom. The van der Waals surface area contributed by atoms with E-state index >= 15 is 0 Å². The maximum atomic E-state index is 14.0. The highest BCUT2D eigenvalue weighted by molar-refractivity contribution is 6.06. The second-order valence-electron chi connectivity index (χ2n) is 6.47. The molecule has 0 bridgehead atoms. The van der Waals surface area contributed by atoms with Gasteiger partial charge in [-0.15, -0.1) is 0 Å². The maximum absolute atomic E-state index is 14.0. The Labute approximate surface area is 150 Å². The van der Waals surface area contributed by atoms with Crippen LogP contribution in [0.25, 0.3) is 10.9 Å². The summed E-state index contributed by atoms with van der Waals surface area (Å²) in [6.45, 7) is 0.949. The number of carbonyl (C=O) groups is 1. The van der Waals surface area contributed by atoms with Crippen LogP contribution in [0.15, 0.2) is 36.4 Å². The molecule has 3 N–H and O–H groups in total. The summed E-state index contributed by atoms with van der Waals surface area (Å²) in [7, 11) is 0. The fraction of sp³-hybridized carbons (Fsp3) is 0.250. The van der Waals surface area contributed by atoms with Crippen LogP contribution in [-0.2, 0) is 12.8 Å². The Morgan fingerprint density at radius 2 is 2.04 bits per heavy atom. The van der Waals surface area contributed by atoms with Gasteiger partial charge in [0.2, 0.25) is 5.95 Å². The van der Waals surface area contributed by atoms with Gasteiger partial charge in [-0.25, -0.2) is 14.4 Å². The van der Waals surface area contributed by atoms with Crippen molar-refractivity contribution in [2.45, 2.75) is 25.7 Å². The van der Waals surface area contributed by atoms with Crippen molar-refractivity contribution in [1.82, 2.24) is 9.97 Å². The van der Waals surface area contributed by atoms with Crippen molar-refractivity contribution >= 4 is 28.3 Å². The van der Waals surface area contributed by atoms with Gasteiger partial charge in [-0.3, -0.25) is 4.79 Å². The summed E-state index contributed by atoms with van der Waals surface area (Å²) in [5.74, 6) is -0.764. The van der Waals surface area contributed by atoms with Gasteiger partial charge in [-0.2, -0.15) is 0 Å². The van der Waals surface area contributed by atoms with Crippen LogP contribution in [0.3, 0.4) is 0 Å².